The lowest BCUT2D eigenvalue weighted by atomic mass is 10.1. The van der Waals surface area contributed by atoms with Crippen molar-refractivity contribution in [1.29, 1.82) is 0 Å². The molecule has 0 atom stereocenters. The molecule has 2 aliphatic rings. The van der Waals surface area contributed by atoms with Gasteiger partial charge < -0.3 is 23.7 Å². The third-order valence-corrected chi connectivity index (χ3v) is 4.50. The normalized spacial score (nSPS) is 11.9. The molecule has 1 aromatic rings. The molecule has 3 rings (SSSR count). The molecule has 1 N–H and O–H groups in total. The zero-order chi connectivity index (χ0) is 20.3. The fourth-order valence-electron chi connectivity index (χ4n) is 2.66. The summed E-state index contributed by atoms with van der Waals surface area (Å²) in [6.45, 7) is 1.46. The van der Waals surface area contributed by atoms with Crippen LogP contribution < -0.4 is 10.2 Å². The number of aryl methyl sites for hydroxylation is 1. The van der Waals surface area contributed by atoms with E-state index in [1.165, 1.54) is 33.3 Å². The van der Waals surface area contributed by atoms with Crippen LogP contribution in [0.4, 0.5) is 0 Å². The molecule has 1 heterocycles. The molecule has 1 aliphatic heterocycles. The summed E-state index contributed by atoms with van der Waals surface area (Å²) in [7, 11) is 2.68. The van der Waals surface area contributed by atoms with Gasteiger partial charge in [-0.05, 0) is 31.0 Å². The summed E-state index contributed by atoms with van der Waals surface area (Å²) >= 11 is 0. The maximum Gasteiger partial charge on any atom is 0.371 e. The lowest BCUT2D eigenvalue weighted by Crippen LogP contribution is -2.42. The van der Waals surface area contributed by atoms with E-state index in [2.05, 4.69) is 4.98 Å². The van der Waals surface area contributed by atoms with Crippen LogP contribution in [0.2, 0.25) is 0 Å². The van der Waals surface area contributed by atoms with Crippen LogP contribution in [0.15, 0.2) is 39.5 Å². The lowest BCUT2D eigenvalue weighted by molar-refractivity contribution is -0.214. The Morgan fingerprint density at radius 3 is 2.64 bits per heavy atom. The molecule has 0 amide bonds. The van der Waals surface area contributed by atoms with Crippen molar-refractivity contribution in [2.75, 3.05) is 20.8 Å². The number of hydrogen-bond donors (Lipinski definition) is 1. The molecule has 8 heteroatoms. The second-order valence-electron chi connectivity index (χ2n) is 6.34. The third kappa shape index (κ3) is 3.89. The van der Waals surface area contributed by atoms with Crippen LogP contribution in [0.25, 0.3) is 22.6 Å². The van der Waals surface area contributed by atoms with Crippen molar-refractivity contribution in [1.82, 2.24) is 4.98 Å². The summed E-state index contributed by atoms with van der Waals surface area (Å²) in [6, 6.07) is 7.79. The number of ether oxygens (including phenoxy) is 3. The Morgan fingerprint density at radius 1 is 1.21 bits per heavy atom. The maximum absolute atomic E-state index is 12.2. The molecule has 0 spiro atoms. The average Bonchev–Trinajstić information content (AvgIpc) is 2.70. The van der Waals surface area contributed by atoms with Gasteiger partial charge in [-0.2, -0.15) is 0 Å². The third-order valence-electron chi connectivity index (χ3n) is 4.50. The van der Waals surface area contributed by atoms with Crippen LogP contribution in [0.3, 0.4) is 0 Å². The molecule has 0 bridgehead atoms. The first kappa shape index (κ1) is 19.9. The van der Waals surface area contributed by atoms with Gasteiger partial charge in [-0.1, -0.05) is 0 Å². The van der Waals surface area contributed by atoms with Gasteiger partial charge in [0.15, 0.2) is 16.8 Å². The number of carbonyl (C=O) groups is 1. The highest BCUT2D eigenvalue weighted by molar-refractivity contribution is 5.82. The number of nitrogens with zero attached hydrogens (tertiary/aromatic N) is 1. The Morgan fingerprint density at radius 2 is 1.96 bits per heavy atom. The topological polar surface area (TPSA) is 108 Å². The summed E-state index contributed by atoms with van der Waals surface area (Å²) in [5.74, 6) is -1.70. The lowest BCUT2D eigenvalue weighted by Gasteiger charge is -2.23. The van der Waals surface area contributed by atoms with Crippen molar-refractivity contribution in [3.8, 4) is 17.2 Å². The average molecular weight is 387 g/mol. The van der Waals surface area contributed by atoms with Gasteiger partial charge in [-0.3, -0.25) is 4.79 Å². The standard InChI is InChI=1S/C20H21NO7/c1-20(25-2,26-3)19(24)27-13-6-7-14-17(10-13)28-18-11-16(23)12(5-4-8-22)9-15(18)21-14/h6-7,9-11,22H,4-5,8H2,1-3H3. The van der Waals surface area contributed by atoms with Crippen molar-refractivity contribution in [3.63, 3.8) is 0 Å². The van der Waals surface area contributed by atoms with Crippen molar-refractivity contribution >= 4 is 17.1 Å². The number of carbonyl (C=O) groups excluding carboxylic acids is 1. The molecule has 0 saturated heterocycles. The second kappa shape index (κ2) is 8.05. The van der Waals surface area contributed by atoms with Gasteiger partial charge >= 0.3 is 5.97 Å². The van der Waals surface area contributed by atoms with Crippen LogP contribution >= 0.6 is 0 Å². The summed E-state index contributed by atoms with van der Waals surface area (Å²) in [5, 5.41) is 8.96. The zero-order valence-electron chi connectivity index (χ0n) is 15.9. The molecular weight excluding hydrogens is 366 g/mol. The van der Waals surface area contributed by atoms with Crippen molar-refractivity contribution in [2.45, 2.75) is 25.6 Å². The highest BCUT2D eigenvalue weighted by Gasteiger charge is 2.35. The monoisotopic (exact) mass is 387 g/mol. The molecule has 0 radical (unpaired) electrons. The molecule has 0 fully saturated rings. The van der Waals surface area contributed by atoms with E-state index in [1.807, 2.05) is 0 Å². The predicted molar refractivity (Wildman–Crippen MR) is 100 cm³/mol. The SMILES string of the molecule is COC(C)(OC)C(=O)Oc1ccc2nc3cc(CCCO)c(=O)cc-3oc2c1. The number of benzene rings is 2. The molecule has 28 heavy (non-hydrogen) atoms. The minimum atomic E-state index is -1.53. The first-order chi connectivity index (χ1) is 13.4. The fourth-order valence-corrected chi connectivity index (χ4v) is 2.66. The Labute approximate surface area is 161 Å². The van der Waals surface area contributed by atoms with Gasteiger partial charge in [0.25, 0.3) is 5.79 Å². The summed E-state index contributed by atoms with van der Waals surface area (Å²) in [6.07, 6.45) is 0.972. The predicted octanol–water partition coefficient (Wildman–Crippen LogP) is 2.13. The van der Waals surface area contributed by atoms with E-state index in [4.69, 9.17) is 23.7 Å². The Kier molecular flexibility index (Phi) is 5.73. The van der Waals surface area contributed by atoms with Gasteiger partial charge in [-0.25, -0.2) is 9.78 Å². The minimum Gasteiger partial charge on any atom is -0.453 e. The molecule has 0 unspecified atom stereocenters. The minimum absolute atomic E-state index is 0.0136. The number of rotatable bonds is 7. The second-order valence-corrected chi connectivity index (χ2v) is 6.34. The number of aliphatic hydroxyl groups excluding tert-OH is 1. The number of aliphatic hydroxyl groups is 1. The van der Waals surface area contributed by atoms with E-state index >= 15 is 0 Å². The van der Waals surface area contributed by atoms with Crippen LogP contribution in [-0.4, -0.2) is 42.7 Å². The maximum atomic E-state index is 12.2. The molecule has 1 aliphatic carbocycles. The number of hydrogen-bond acceptors (Lipinski definition) is 8. The van der Waals surface area contributed by atoms with Crippen molar-refractivity contribution < 1.29 is 28.5 Å². The highest BCUT2D eigenvalue weighted by Crippen LogP contribution is 2.28. The highest BCUT2D eigenvalue weighted by atomic mass is 16.7. The largest absolute Gasteiger partial charge is 0.453 e. The Bertz CT molecular complexity index is 1020. The van der Waals surface area contributed by atoms with Crippen molar-refractivity contribution in [2.24, 2.45) is 0 Å². The summed E-state index contributed by atoms with van der Waals surface area (Å²) < 4.78 is 21.2. The van der Waals surface area contributed by atoms with Crippen LogP contribution in [0, 0.1) is 0 Å². The van der Waals surface area contributed by atoms with Crippen LogP contribution in [-0.2, 0) is 20.7 Å². The van der Waals surface area contributed by atoms with Gasteiger partial charge in [0.05, 0.1) is 0 Å². The first-order valence-electron chi connectivity index (χ1n) is 8.71. The van der Waals surface area contributed by atoms with Crippen LogP contribution in [0.5, 0.6) is 5.75 Å². The Hall–Kier alpha value is -2.81. The summed E-state index contributed by atoms with van der Waals surface area (Å²) in [5.41, 5.74) is 1.84. The molecule has 8 nitrogen and oxygen atoms in total. The number of aromatic nitrogens is 1. The van der Waals surface area contributed by atoms with Crippen LogP contribution in [0.1, 0.15) is 18.9 Å². The quantitative estimate of drug-likeness (QED) is 0.284. The van der Waals surface area contributed by atoms with E-state index < -0.39 is 11.8 Å². The van der Waals surface area contributed by atoms with E-state index in [0.29, 0.717) is 41.0 Å². The molecular formula is C20H21NO7. The van der Waals surface area contributed by atoms with Gasteiger partial charge in [-0.15, -0.1) is 0 Å². The molecule has 0 aromatic heterocycles. The van der Waals surface area contributed by atoms with E-state index in [1.54, 1.807) is 18.2 Å². The van der Waals surface area contributed by atoms with E-state index in [-0.39, 0.29) is 17.8 Å². The van der Waals surface area contributed by atoms with Gasteiger partial charge in [0.1, 0.15) is 17.0 Å². The van der Waals surface area contributed by atoms with E-state index in [9.17, 15) is 9.59 Å². The van der Waals surface area contributed by atoms with Crippen molar-refractivity contribution in [3.05, 3.63) is 46.1 Å². The Balaban J connectivity index is 1.96. The molecule has 1 aromatic carbocycles. The fraction of sp³-hybridized carbons (Fsp3) is 0.350. The zero-order valence-corrected chi connectivity index (χ0v) is 15.9. The summed E-state index contributed by atoms with van der Waals surface area (Å²) in [4.78, 5) is 28.9. The van der Waals surface area contributed by atoms with E-state index in [0.717, 1.165) is 0 Å². The molecule has 0 saturated carbocycles. The smallest absolute Gasteiger partial charge is 0.371 e. The number of esters is 1. The number of fused-ring (bicyclic) bond motifs is 2. The number of methoxy groups -OCH3 is 2. The van der Waals surface area contributed by atoms with Gasteiger partial charge in [0, 0.05) is 45.4 Å². The van der Waals surface area contributed by atoms with Gasteiger partial charge in [0.2, 0.25) is 0 Å². The molecule has 148 valence electrons. The first-order valence-corrected chi connectivity index (χ1v) is 8.71.